The molecule has 1 atom stereocenters. The van der Waals surface area contributed by atoms with E-state index in [2.05, 4.69) is 19.2 Å². The number of Topliss-reactive ketones (excluding diaryl/α,β-unsaturated/α-hetero) is 1. The van der Waals surface area contributed by atoms with Gasteiger partial charge >= 0.3 is 5.97 Å². The first-order valence-electron chi connectivity index (χ1n) is 11.4. The van der Waals surface area contributed by atoms with Crippen LogP contribution in [0.3, 0.4) is 0 Å². The van der Waals surface area contributed by atoms with Crippen molar-refractivity contribution in [3.05, 3.63) is 92.3 Å². The zero-order valence-electron chi connectivity index (χ0n) is 20.2. The Bertz CT molecular complexity index is 1240. The highest BCUT2D eigenvalue weighted by atomic mass is 16.6. The lowest BCUT2D eigenvalue weighted by molar-refractivity contribution is -0.384. The van der Waals surface area contributed by atoms with E-state index in [1.165, 1.54) is 19.2 Å². The average Bonchev–Trinajstić information content (AvgIpc) is 2.81. The van der Waals surface area contributed by atoms with Gasteiger partial charge in [-0.1, -0.05) is 26.0 Å². The van der Waals surface area contributed by atoms with Crippen LogP contribution in [-0.2, 0) is 20.9 Å². The average molecular weight is 477 g/mol. The lowest BCUT2D eigenvalue weighted by Gasteiger charge is -2.39. The lowest BCUT2D eigenvalue weighted by Crippen LogP contribution is -2.38. The minimum atomic E-state index is -0.522. The topological polar surface area (TPSA) is 108 Å². The van der Waals surface area contributed by atoms with E-state index in [1.807, 2.05) is 19.1 Å². The van der Waals surface area contributed by atoms with E-state index in [1.54, 1.807) is 24.3 Å². The van der Waals surface area contributed by atoms with E-state index >= 15 is 0 Å². The minimum absolute atomic E-state index is 0.0270. The molecular formula is C27H28N2O6. The number of nitro benzene ring substituents is 1. The Kier molecular flexibility index (Phi) is 6.47. The van der Waals surface area contributed by atoms with Gasteiger partial charge in [0.2, 0.25) is 0 Å². The molecule has 1 heterocycles. The summed E-state index contributed by atoms with van der Waals surface area (Å²) in [5.74, 6) is -0.360. The van der Waals surface area contributed by atoms with E-state index in [9.17, 15) is 19.7 Å². The number of rotatable bonds is 6. The molecule has 1 aliphatic carbocycles. The van der Waals surface area contributed by atoms with E-state index in [0.717, 1.165) is 16.8 Å². The first-order chi connectivity index (χ1) is 16.6. The van der Waals surface area contributed by atoms with Gasteiger partial charge in [-0.3, -0.25) is 14.9 Å². The van der Waals surface area contributed by atoms with Crippen molar-refractivity contribution in [3.8, 4) is 5.75 Å². The molecule has 2 aromatic rings. The Morgan fingerprint density at radius 2 is 1.77 bits per heavy atom. The Morgan fingerprint density at radius 1 is 1.11 bits per heavy atom. The summed E-state index contributed by atoms with van der Waals surface area (Å²) in [4.78, 5) is 36.4. The molecule has 0 aromatic heterocycles. The number of nitro groups is 1. The molecule has 1 unspecified atom stereocenters. The molecule has 8 nitrogen and oxygen atoms in total. The standard InChI is InChI=1S/C27H28N2O6/c1-16-23(26(31)34-4)24(25-21(28-16)13-27(2,3)14-22(25)30)18-7-11-20(12-8-18)35-15-17-5-9-19(10-6-17)29(32)33/h5-12,24,28H,13-15H2,1-4H3. The van der Waals surface area contributed by atoms with Gasteiger partial charge < -0.3 is 14.8 Å². The maximum atomic E-state index is 13.2. The number of nitrogens with one attached hydrogen (secondary N) is 1. The zero-order chi connectivity index (χ0) is 25.3. The van der Waals surface area contributed by atoms with Crippen LogP contribution in [-0.4, -0.2) is 23.8 Å². The zero-order valence-corrected chi connectivity index (χ0v) is 20.2. The van der Waals surface area contributed by atoms with Crippen molar-refractivity contribution in [2.45, 2.75) is 46.1 Å². The number of ketones is 1. The number of ether oxygens (including phenoxy) is 2. The SMILES string of the molecule is COC(=O)C1=C(C)NC2=C(C(=O)CC(C)(C)C2)C1c1ccc(OCc2ccc([N+](=O)[O-])cc2)cc1. The first kappa shape index (κ1) is 24.2. The number of hydrogen-bond donors (Lipinski definition) is 1. The Morgan fingerprint density at radius 3 is 2.37 bits per heavy atom. The molecule has 0 fully saturated rings. The number of esters is 1. The Balaban J connectivity index is 1.61. The second kappa shape index (κ2) is 9.37. The van der Waals surface area contributed by atoms with Crippen LogP contribution < -0.4 is 10.1 Å². The van der Waals surface area contributed by atoms with Gasteiger partial charge in [0.1, 0.15) is 12.4 Å². The van der Waals surface area contributed by atoms with Crippen LogP contribution in [0, 0.1) is 15.5 Å². The fraction of sp³-hybridized carbons (Fsp3) is 0.333. The van der Waals surface area contributed by atoms with E-state index < -0.39 is 16.8 Å². The van der Waals surface area contributed by atoms with Crippen LogP contribution >= 0.6 is 0 Å². The predicted molar refractivity (Wildman–Crippen MR) is 130 cm³/mol. The fourth-order valence-corrected chi connectivity index (χ4v) is 4.79. The number of non-ortho nitro benzene ring substituents is 1. The number of dihydropyridines is 1. The fourth-order valence-electron chi connectivity index (χ4n) is 4.79. The molecule has 2 aromatic carbocycles. The molecule has 0 radical (unpaired) electrons. The number of methoxy groups -OCH3 is 1. The maximum absolute atomic E-state index is 13.2. The van der Waals surface area contributed by atoms with Gasteiger partial charge in [0.25, 0.3) is 5.69 Å². The number of benzene rings is 2. The summed E-state index contributed by atoms with van der Waals surface area (Å²) in [5.41, 5.74) is 4.06. The van der Waals surface area contributed by atoms with Crippen LogP contribution in [0.1, 0.15) is 50.7 Å². The predicted octanol–water partition coefficient (Wildman–Crippen LogP) is 4.95. The molecule has 182 valence electrons. The normalized spacial score (nSPS) is 19.1. The third-order valence-electron chi connectivity index (χ3n) is 6.41. The van der Waals surface area contributed by atoms with E-state index in [-0.39, 0.29) is 23.5 Å². The summed E-state index contributed by atoms with van der Waals surface area (Å²) in [5, 5.41) is 14.1. The second-order valence-corrected chi connectivity index (χ2v) is 9.70. The van der Waals surface area contributed by atoms with Gasteiger partial charge in [-0.2, -0.15) is 0 Å². The molecule has 8 heteroatoms. The number of allylic oxidation sites excluding steroid dienone is 3. The van der Waals surface area contributed by atoms with Gasteiger partial charge in [-0.05, 0) is 54.2 Å². The maximum Gasteiger partial charge on any atom is 0.336 e. The smallest absolute Gasteiger partial charge is 0.336 e. The summed E-state index contributed by atoms with van der Waals surface area (Å²) >= 11 is 0. The molecule has 0 bridgehead atoms. The number of nitrogens with zero attached hydrogens (tertiary/aromatic N) is 1. The lowest BCUT2D eigenvalue weighted by atomic mass is 9.68. The monoisotopic (exact) mass is 476 g/mol. The summed E-state index contributed by atoms with van der Waals surface area (Å²) < 4.78 is 10.9. The molecular weight excluding hydrogens is 448 g/mol. The minimum Gasteiger partial charge on any atom is -0.489 e. The summed E-state index contributed by atoms with van der Waals surface area (Å²) in [6, 6.07) is 13.5. The molecule has 4 rings (SSSR count). The van der Waals surface area contributed by atoms with Crippen molar-refractivity contribution in [1.29, 1.82) is 0 Å². The molecule has 2 aliphatic rings. The third-order valence-corrected chi connectivity index (χ3v) is 6.41. The number of carbonyl (C=O) groups excluding carboxylic acids is 2. The van der Waals surface area contributed by atoms with Crippen LogP contribution in [0.5, 0.6) is 5.75 Å². The highest BCUT2D eigenvalue weighted by Crippen LogP contribution is 2.46. The van der Waals surface area contributed by atoms with Gasteiger partial charge in [0.15, 0.2) is 5.78 Å². The molecule has 1 N–H and O–H groups in total. The van der Waals surface area contributed by atoms with E-state index in [4.69, 9.17) is 9.47 Å². The highest BCUT2D eigenvalue weighted by Gasteiger charge is 2.42. The van der Waals surface area contributed by atoms with Crippen LogP contribution in [0.4, 0.5) is 5.69 Å². The largest absolute Gasteiger partial charge is 0.489 e. The van der Waals surface area contributed by atoms with Crippen LogP contribution in [0.15, 0.2) is 71.1 Å². The molecule has 0 spiro atoms. The van der Waals surface area contributed by atoms with Gasteiger partial charge in [-0.25, -0.2) is 4.79 Å². The number of carbonyl (C=O) groups is 2. The Hall–Kier alpha value is -3.94. The van der Waals surface area contributed by atoms with E-state index in [0.29, 0.717) is 35.4 Å². The molecule has 0 saturated heterocycles. The van der Waals surface area contributed by atoms with Gasteiger partial charge in [-0.15, -0.1) is 0 Å². The quantitative estimate of drug-likeness (QED) is 0.357. The molecule has 1 aliphatic heterocycles. The summed E-state index contributed by atoms with van der Waals surface area (Å²) in [6.45, 7) is 6.21. The second-order valence-electron chi connectivity index (χ2n) is 9.70. The van der Waals surface area contributed by atoms with Gasteiger partial charge in [0, 0.05) is 41.4 Å². The molecule has 0 saturated carbocycles. The number of hydrogen-bond acceptors (Lipinski definition) is 7. The van der Waals surface area contributed by atoms with Crippen molar-refractivity contribution >= 4 is 17.4 Å². The highest BCUT2D eigenvalue weighted by molar-refractivity contribution is 6.04. The molecule has 35 heavy (non-hydrogen) atoms. The Labute approximate surface area is 203 Å². The van der Waals surface area contributed by atoms with Crippen molar-refractivity contribution in [3.63, 3.8) is 0 Å². The van der Waals surface area contributed by atoms with Crippen molar-refractivity contribution < 1.29 is 24.0 Å². The van der Waals surface area contributed by atoms with Crippen LogP contribution in [0.25, 0.3) is 0 Å². The summed E-state index contributed by atoms with van der Waals surface area (Å²) in [7, 11) is 1.34. The third kappa shape index (κ3) is 4.96. The van der Waals surface area contributed by atoms with Crippen molar-refractivity contribution in [2.75, 3.05) is 7.11 Å². The first-order valence-corrected chi connectivity index (χ1v) is 11.4. The van der Waals surface area contributed by atoms with Crippen LogP contribution in [0.2, 0.25) is 0 Å². The van der Waals surface area contributed by atoms with Crippen molar-refractivity contribution in [1.82, 2.24) is 5.32 Å². The molecule has 0 amide bonds. The van der Waals surface area contributed by atoms with Crippen molar-refractivity contribution in [2.24, 2.45) is 5.41 Å². The summed E-state index contributed by atoms with van der Waals surface area (Å²) in [6.07, 6.45) is 1.13. The van der Waals surface area contributed by atoms with Gasteiger partial charge in [0.05, 0.1) is 17.6 Å².